The van der Waals surface area contributed by atoms with Gasteiger partial charge in [0, 0.05) is 27.8 Å². The molecule has 2 nitrogen and oxygen atoms in total. The standard InChI is InChI=1S/C50H33NO/c1-3-12-34(13-4-1)38-16-11-19-43(31-38)51(41-17-5-2-6-18-41)42-27-24-36(25-28-42)39-26-29-44-46(40-23-22-35-14-7-8-15-37(35)30-40)33-49-50(47(44)32-39)45-20-9-10-21-48(45)52-49/h1-33H. The molecule has 9 aromatic carbocycles. The average Bonchev–Trinajstić information content (AvgIpc) is 3.60. The predicted octanol–water partition coefficient (Wildman–Crippen LogP) is 14.4. The van der Waals surface area contributed by atoms with E-state index in [1.807, 2.05) is 6.07 Å². The van der Waals surface area contributed by atoms with Crippen molar-refractivity contribution in [1.82, 2.24) is 0 Å². The number of furan rings is 1. The lowest BCUT2D eigenvalue weighted by molar-refractivity contribution is 0.669. The van der Waals surface area contributed by atoms with E-state index in [1.165, 1.54) is 49.4 Å². The lowest BCUT2D eigenvalue weighted by atomic mass is 9.91. The second-order valence-corrected chi connectivity index (χ2v) is 13.4. The molecule has 0 fully saturated rings. The van der Waals surface area contributed by atoms with Crippen molar-refractivity contribution in [2.45, 2.75) is 0 Å². The van der Waals surface area contributed by atoms with Crippen LogP contribution in [0, 0.1) is 0 Å². The van der Waals surface area contributed by atoms with Crippen molar-refractivity contribution in [2.24, 2.45) is 0 Å². The Morgan fingerprint density at radius 3 is 1.77 bits per heavy atom. The molecule has 52 heavy (non-hydrogen) atoms. The molecule has 2 heteroatoms. The third-order valence-electron chi connectivity index (χ3n) is 10.2. The van der Waals surface area contributed by atoms with Crippen LogP contribution >= 0.6 is 0 Å². The van der Waals surface area contributed by atoms with Gasteiger partial charge < -0.3 is 9.32 Å². The molecule has 0 aliphatic carbocycles. The van der Waals surface area contributed by atoms with Gasteiger partial charge in [0.25, 0.3) is 0 Å². The molecule has 0 N–H and O–H groups in total. The molecule has 1 aromatic heterocycles. The van der Waals surface area contributed by atoms with Gasteiger partial charge in [0.05, 0.1) is 0 Å². The van der Waals surface area contributed by atoms with Crippen LogP contribution in [0.5, 0.6) is 0 Å². The number of hydrogen-bond acceptors (Lipinski definition) is 2. The van der Waals surface area contributed by atoms with E-state index in [2.05, 4.69) is 199 Å². The van der Waals surface area contributed by atoms with Gasteiger partial charge in [0.1, 0.15) is 11.2 Å². The third-order valence-corrected chi connectivity index (χ3v) is 10.2. The Balaban J connectivity index is 1.10. The van der Waals surface area contributed by atoms with E-state index in [-0.39, 0.29) is 0 Å². The number of anilines is 3. The van der Waals surface area contributed by atoms with E-state index < -0.39 is 0 Å². The van der Waals surface area contributed by atoms with E-state index in [0.29, 0.717) is 0 Å². The molecule has 0 atom stereocenters. The molecule has 0 spiro atoms. The number of nitrogens with zero attached hydrogens (tertiary/aromatic N) is 1. The molecule has 0 bridgehead atoms. The third kappa shape index (κ3) is 5.21. The van der Waals surface area contributed by atoms with Crippen LogP contribution in [0.3, 0.4) is 0 Å². The summed E-state index contributed by atoms with van der Waals surface area (Å²) in [6, 6.07) is 71.6. The van der Waals surface area contributed by atoms with E-state index in [0.717, 1.165) is 44.6 Å². The van der Waals surface area contributed by atoms with E-state index in [1.54, 1.807) is 0 Å². The first-order valence-electron chi connectivity index (χ1n) is 17.8. The summed E-state index contributed by atoms with van der Waals surface area (Å²) >= 11 is 0. The minimum absolute atomic E-state index is 0.903. The van der Waals surface area contributed by atoms with Crippen molar-refractivity contribution in [3.05, 3.63) is 200 Å². The van der Waals surface area contributed by atoms with Gasteiger partial charge in [-0.2, -0.15) is 0 Å². The summed E-state index contributed by atoms with van der Waals surface area (Å²) < 4.78 is 6.51. The molecule has 0 aliphatic heterocycles. The summed E-state index contributed by atoms with van der Waals surface area (Å²) in [4.78, 5) is 2.33. The van der Waals surface area contributed by atoms with Crippen LogP contribution in [-0.4, -0.2) is 0 Å². The molecule has 0 saturated heterocycles. The summed E-state index contributed by atoms with van der Waals surface area (Å²) in [5.41, 5.74) is 12.2. The van der Waals surface area contributed by atoms with Gasteiger partial charge >= 0.3 is 0 Å². The fourth-order valence-corrected chi connectivity index (χ4v) is 7.70. The number of fused-ring (bicyclic) bond motifs is 6. The van der Waals surface area contributed by atoms with Crippen LogP contribution in [0.2, 0.25) is 0 Å². The van der Waals surface area contributed by atoms with Gasteiger partial charge in [-0.05, 0) is 116 Å². The molecular formula is C50H33NO. The lowest BCUT2D eigenvalue weighted by Gasteiger charge is -2.26. The van der Waals surface area contributed by atoms with E-state index in [9.17, 15) is 0 Å². The highest BCUT2D eigenvalue weighted by atomic mass is 16.3. The first kappa shape index (κ1) is 30.0. The zero-order valence-electron chi connectivity index (χ0n) is 28.4. The Labute approximate surface area is 302 Å². The molecule has 10 aromatic rings. The molecule has 244 valence electrons. The summed E-state index contributed by atoms with van der Waals surface area (Å²) in [5.74, 6) is 0. The van der Waals surface area contributed by atoms with Crippen LogP contribution < -0.4 is 4.90 Å². The topological polar surface area (TPSA) is 16.4 Å². The predicted molar refractivity (Wildman–Crippen MR) is 220 cm³/mol. The zero-order valence-corrected chi connectivity index (χ0v) is 28.4. The number of benzene rings is 9. The maximum Gasteiger partial charge on any atom is 0.136 e. The smallest absolute Gasteiger partial charge is 0.136 e. The first-order chi connectivity index (χ1) is 25.8. The van der Waals surface area contributed by atoms with Gasteiger partial charge in [-0.1, -0.05) is 140 Å². The van der Waals surface area contributed by atoms with Crippen LogP contribution in [-0.2, 0) is 0 Å². The van der Waals surface area contributed by atoms with Gasteiger partial charge in [0.15, 0.2) is 0 Å². The van der Waals surface area contributed by atoms with Crippen molar-refractivity contribution in [2.75, 3.05) is 4.90 Å². The number of hydrogen-bond donors (Lipinski definition) is 0. The Morgan fingerprint density at radius 2 is 0.923 bits per heavy atom. The second kappa shape index (κ2) is 12.5. The molecule has 10 rings (SSSR count). The molecule has 0 saturated carbocycles. The van der Waals surface area contributed by atoms with Crippen molar-refractivity contribution in [3.63, 3.8) is 0 Å². The highest BCUT2D eigenvalue weighted by Crippen LogP contribution is 2.43. The van der Waals surface area contributed by atoms with E-state index in [4.69, 9.17) is 4.42 Å². The molecule has 1 heterocycles. The zero-order chi connectivity index (χ0) is 34.4. The molecule has 0 amide bonds. The Hall–Kier alpha value is -6.90. The van der Waals surface area contributed by atoms with Crippen molar-refractivity contribution in [3.8, 4) is 33.4 Å². The van der Waals surface area contributed by atoms with Gasteiger partial charge in [-0.3, -0.25) is 0 Å². The quantitative estimate of drug-likeness (QED) is 0.176. The van der Waals surface area contributed by atoms with Gasteiger partial charge in [-0.25, -0.2) is 0 Å². The van der Waals surface area contributed by atoms with E-state index >= 15 is 0 Å². The molecule has 0 radical (unpaired) electrons. The number of rotatable bonds is 6. The monoisotopic (exact) mass is 663 g/mol. The highest BCUT2D eigenvalue weighted by Gasteiger charge is 2.17. The normalized spacial score (nSPS) is 11.5. The Morgan fingerprint density at radius 1 is 0.308 bits per heavy atom. The van der Waals surface area contributed by atoms with Crippen LogP contribution in [0.4, 0.5) is 17.1 Å². The fourth-order valence-electron chi connectivity index (χ4n) is 7.70. The minimum atomic E-state index is 0.903. The highest BCUT2D eigenvalue weighted by molar-refractivity contribution is 6.22. The van der Waals surface area contributed by atoms with Gasteiger partial charge in [-0.15, -0.1) is 0 Å². The van der Waals surface area contributed by atoms with Crippen LogP contribution in [0.25, 0.3) is 76.9 Å². The SMILES string of the molecule is c1ccc(-c2cccc(N(c3ccccc3)c3ccc(-c4ccc5c(-c6ccc7ccccc7c6)cc6oc7ccccc7c6c5c4)cc3)c2)cc1. The van der Waals surface area contributed by atoms with Crippen LogP contribution in [0.15, 0.2) is 205 Å². The summed E-state index contributed by atoms with van der Waals surface area (Å²) in [6.45, 7) is 0. The second-order valence-electron chi connectivity index (χ2n) is 13.4. The summed E-state index contributed by atoms with van der Waals surface area (Å²) in [6.07, 6.45) is 0. The first-order valence-corrected chi connectivity index (χ1v) is 17.8. The lowest BCUT2D eigenvalue weighted by Crippen LogP contribution is -2.09. The van der Waals surface area contributed by atoms with Crippen molar-refractivity contribution < 1.29 is 4.42 Å². The number of para-hydroxylation sites is 2. The largest absolute Gasteiger partial charge is 0.456 e. The maximum atomic E-state index is 6.51. The molecule has 0 aliphatic rings. The molecular weight excluding hydrogens is 631 g/mol. The average molecular weight is 664 g/mol. The summed E-state index contributed by atoms with van der Waals surface area (Å²) in [7, 11) is 0. The fraction of sp³-hybridized carbons (Fsp3) is 0. The van der Waals surface area contributed by atoms with Crippen molar-refractivity contribution in [1.29, 1.82) is 0 Å². The van der Waals surface area contributed by atoms with Crippen LogP contribution in [0.1, 0.15) is 0 Å². The Bertz CT molecular complexity index is 2890. The Kier molecular flexibility index (Phi) is 7.18. The maximum absolute atomic E-state index is 6.51. The van der Waals surface area contributed by atoms with Crippen molar-refractivity contribution >= 4 is 60.5 Å². The van der Waals surface area contributed by atoms with Gasteiger partial charge in [0.2, 0.25) is 0 Å². The minimum Gasteiger partial charge on any atom is -0.456 e. The molecule has 0 unspecified atom stereocenters. The summed E-state index contributed by atoms with van der Waals surface area (Å²) in [5, 5.41) is 7.16.